The highest BCUT2D eigenvalue weighted by atomic mass is 16.5. The van der Waals surface area contributed by atoms with Crippen molar-refractivity contribution in [2.75, 3.05) is 6.61 Å². The second-order valence-electron chi connectivity index (χ2n) is 7.92. The van der Waals surface area contributed by atoms with Crippen LogP contribution in [0.5, 0.6) is 0 Å². The molecule has 168 valence electrons. The van der Waals surface area contributed by atoms with Gasteiger partial charge in [0, 0.05) is 5.92 Å². The third kappa shape index (κ3) is 4.72. The van der Waals surface area contributed by atoms with E-state index in [1.165, 1.54) is 0 Å². The molecular weight excluding hydrogens is 422 g/mol. The van der Waals surface area contributed by atoms with Crippen LogP contribution in [0.4, 0.5) is 4.79 Å². The highest BCUT2D eigenvalue weighted by Gasteiger charge is 2.36. The summed E-state index contributed by atoms with van der Waals surface area (Å²) in [5.74, 6) is -4.30. The number of carbonyl (C=O) groups excluding carboxylic acids is 1. The molecule has 0 aliphatic heterocycles. The van der Waals surface area contributed by atoms with Gasteiger partial charge in [0.2, 0.25) is 0 Å². The first-order valence-corrected chi connectivity index (χ1v) is 10.6. The first-order chi connectivity index (χ1) is 16.0. The van der Waals surface area contributed by atoms with E-state index in [1.807, 2.05) is 48.5 Å². The summed E-state index contributed by atoms with van der Waals surface area (Å²) in [5.41, 5.74) is 4.84. The van der Waals surface area contributed by atoms with Crippen LogP contribution >= 0.6 is 0 Å². The second-order valence-corrected chi connectivity index (χ2v) is 7.92. The first kappa shape index (κ1) is 22.1. The molecule has 2 atom stereocenters. The number of carboxylic acids is 2. The van der Waals surface area contributed by atoms with Gasteiger partial charge in [0.05, 0.1) is 5.92 Å². The largest absolute Gasteiger partial charge is 0.481 e. The Morgan fingerprint density at radius 2 is 1.33 bits per heavy atom. The van der Waals surface area contributed by atoms with E-state index in [0.29, 0.717) is 5.56 Å². The summed E-state index contributed by atoms with van der Waals surface area (Å²) in [4.78, 5) is 36.2. The van der Waals surface area contributed by atoms with E-state index < -0.39 is 30.0 Å². The third-order valence-electron chi connectivity index (χ3n) is 5.90. The summed E-state index contributed by atoms with van der Waals surface area (Å²) in [6.45, 7) is 0.00260. The van der Waals surface area contributed by atoms with E-state index in [0.717, 1.165) is 22.3 Å². The summed E-state index contributed by atoms with van der Waals surface area (Å²) >= 11 is 0. The molecule has 7 nitrogen and oxygen atoms in total. The van der Waals surface area contributed by atoms with Gasteiger partial charge in [-0.2, -0.15) is 0 Å². The van der Waals surface area contributed by atoms with Gasteiger partial charge in [-0.1, -0.05) is 78.9 Å². The van der Waals surface area contributed by atoms with Gasteiger partial charge >= 0.3 is 18.0 Å². The first-order valence-electron chi connectivity index (χ1n) is 10.6. The molecule has 7 heteroatoms. The number of fused-ring (bicyclic) bond motifs is 3. The van der Waals surface area contributed by atoms with E-state index >= 15 is 0 Å². The molecule has 1 aliphatic carbocycles. The van der Waals surface area contributed by atoms with Crippen LogP contribution in [0.2, 0.25) is 0 Å². The van der Waals surface area contributed by atoms with Crippen LogP contribution in [-0.2, 0) is 20.7 Å². The molecule has 4 rings (SSSR count). The molecule has 1 amide bonds. The van der Waals surface area contributed by atoms with E-state index in [4.69, 9.17) is 4.74 Å². The lowest BCUT2D eigenvalue weighted by atomic mass is 9.92. The van der Waals surface area contributed by atoms with Gasteiger partial charge in [-0.3, -0.25) is 4.79 Å². The van der Waals surface area contributed by atoms with Crippen molar-refractivity contribution >= 4 is 18.0 Å². The lowest BCUT2D eigenvalue weighted by molar-refractivity contribution is -0.150. The molecule has 3 N–H and O–H groups in total. The van der Waals surface area contributed by atoms with E-state index in [1.54, 1.807) is 30.3 Å². The monoisotopic (exact) mass is 445 g/mol. The van der Waals surface area contributed by atoms with Crippen LogP contribution in [0.25, 0.3) is 11.1 Å². The van der Waals surface area contributed by atoms with Gasteiger partial charge in [0.25, 0.3) is 0 Å². The smallest absolute Gasteiger partial charge is 0.407 e. The van der Waals surface area contributed by atoms with Crippen molar-refractivity contribution in [2.24, 2.45) is 5.92 Å². The SMILES string of the molecule is O=C(N[C@H](C(=O)O)[C@H](Cc1ccccc1)C(=O)O)OCC1c2ccccc2-c2ccccc21. The molecule has 0 fully saturated rings. The van der Waals surface area contributed by atoms with Gasteiger partial charge < -0.3 is 20.3 Å². The molecule has 3 aromatic rings. The van der Waals surface area contributed by atoms with Crippen molar-refractivity contribution in [3.63, 3.8) is 0 Å². The summed E-state index contributed by atoms with van der Waals surface area (Å²) in [5, 5.41) is 21.5. The maximum absolute atomic E-state index is 12.5. The van der Waals surface area contributed by atoms with Gasteiger partial charge in [0.1, 0.15) is 12.6 Å². The third-order valence-corrected chi connectivity index (χ3v) is 5.90. The molecule has 1 aliphatic rings. The molecule has 0 saturated carbocycles. The van der Waals surface area contributed by atoms with Crippen molar-refractivity contribution in [3.05, 3.63) is 95.6 Å². The number of alkyl carbamates (subject to hydrolysis) is 1. The Hall–Kier alpha value is -4.13. The fourth-order valence-electron chi connectivity index (χ4n) is 4.32. The minimum atomic E-state index is -1.64. The zero-order chi connectivity index (χ0) is 23.4. The Labute approximate surface area is 190 Å². The molecule has 33 heavy (non-hydrogen) atoms. The number of aliphatic carboxylic acids is 2. The van der Waals surface area contributed by atoms with Crippen molar-refractivity contribution in [1.29, 1.82) is 0 Å². The second kappa shape index (κ2) is 9.56. The molecule has 0 unspecified atom stereocenters. The lowest BCUT2D eigenvalue weighted by Gasteiger charge is -2.22. The maximum atomic E-state index is 12.5. The molecule has 0 bridgehead atoms. The number of benzene rings is 3. The van der Waals surface area contributed by atoms with E-state index in [2.05, 4.69) is 5.32 Å². The fourth-order valence-corrected chi connectivity index (χ4v) is 4.32. The standard InChI is InChI=1S/C26H23NO6/c28-24(29)21(14-16-8-2-1-3-9-16)23(25(30)31)27-26(32)33-15-22-19-12-6-4-10-17(19)18-11-5-7-13-20(18)22/h1-13,21-23H,14-15H2,(H,27,32)(H,28,29)(H,30,31)/t21-,23-/m0/s1. The minimum absolute atomic E-state index is 0.00260. The summed E-state index contributed by atoms with van der Waals surface area (Å²) in [6.07, 6.45) is -1.01. The van der Waals surface area contributed by atoms with Crippen molar-refractivity contribution in [2.45, 2.75) is 18.4 Å². The van der Waals surface area contributed by atoms with Crippen LogP contribution < -0.4 is 5.32 Å². The molecular formula is C26H23NO6. The number of carbonyl (C=O) groups is 3. The zero-order valence-corrected chi connectivity index (χ0v) is 17.7. The van der Waals surface area contributed by atoms with Crippen molar-refractivity contribution < 1.29 is 29.3 Å². The Bertz CT molecular complexity index is 1130. The average molecular weight is 445 g/mol. The number of nitrogens with one attached hydrogen (secondary N) is 1. The van der Waals surface area contributed by atoms with Gasteiger partial charge in [-0.25, -0.2) is 9.59 Å². The number of ether oxygens (including phenoxy) is 1. The van der Waals surface area contributed by atoms with Crippen LogP contribution in [0.3, 0.4) is 0 Å². The average Bonchev–Trinajstić information content (AvgIpc) is 3.14. The number of rotatable bonds is 8. The fraction of sp³-hybridized carbons (Fsp3) is 0.192. The van der Waals surface area contributed by atoms with Crippen LogP contribution in [0.1, 0.15) is 22.6 Å². The van der Waals surface area contributed by atoms with Crippen LogP contribution in [-0.4, -0.2) is 40.9 Å². The quantitative estimate of drug-likeness (QED) is 0.484. The van der Waals surface area contributed by atoms with Crippen LogP contribution in [0, 0.1) is 5.92 Å². The molecule has 0 spiro atoms. The lowest BCUT2D eigenvalue weighted by Crippen LogP contribution is -2.49. The number of amides is 1. The summed E-state index contributed by atoms with van der Waals surface area (Å²) < 4.78 is 5.39. The number of hydrogen-bond donors (Lipinski definition) is 3. The highest BCUT2D eigenvalue weighted by molar-refractivity contribution is 5.86. The predicted octanol–water partition coefficient (Wildman–Crippen LogP) is 3.92. The topological polar surface area (TPSA) is 113 Å². The normalized spacial score (nSPS) is 13.9. The predicted molar refractivity (Wildman–Crippen MR) is 121 cm³/mol. The van der Waals surface area contributed by atoms with Crippen molar-refractivity contribution in [3.8, 4) is 11.1 Å². The highest BCUT2D eigenvalue weighted by Crippen LogP contribution is 2.44. The Kier molecular flexibility index (Phi) is 6.40. The molecule has 3 aromatic carbocycles. The van der Waals surface area contributed by atoms with Gasteiger partial charge in [0.15, 0.2) is 0 Å². The van der Waals surface area contributed by atoms with Gasteiger partial charge in [-0.05, 0) is 34.2 Å². The van der Waals surface area contributed by atoms with Crippen molar-refractivity contribution in [1.82, 2.24) is 5.32 Å². The number of hydrogen-bond acceptors (Lipinski definition) is 4. The maximum Gasteiger partial charge on any atom is 0.407 e. The van der Waals surface area contributed by atoms with E-state index in [9.17, 15) is 24.6 Å². The minimum Gasteiger partial charge on any atom is -0.481 e. The van der Waals surface area contributed by atoms with Crippen LogP contribution in [0.15, 0.2) is 78.9 Å². The number of carboxylic acid groups (broad SMARTS) is 2. The molecule has 0 aromatic heterocycles. The van der Waals surface area contributed by atoms with E-state index in [-0.39, 0.29) is 18.9 Å². The summed E-state index contributed by atoms with van der Waals surface area (Å²) in [6, 6.07) is 22.7. The van der Waals surface area contributed by atoms with Gasteiger partial charge in [-0.15, -0.1) is 0 Å². The summed E-state index contributed by atoms with van der Waals surface area (Å²) in [7, 11) is 0. The Balaban J connectivity index is 1.47. The zero-order valence-electron chi connectivity index (χ0n) is 17.7. The Morgan fingerprint density at radius 1 is 0.788 bits per heavy atom. The Morgan fingerprint density at radius 3 is 1.88 bits per heavy atom. The molecule has 0 saturated heterocycles. The molecule has 0 radical (unpaired) electrons. The molecule has 0 heterocycles.